The van der Waals surface area contributed by atoms with Crippen molar-refractivity contribution in [3.63, 3.8) is 0 Å². The van der Waals surface area contributed by atoms with Gasteiger partial charge in [-0.1, -0.05) is 11.6 Å². The number of nitrogens with one attached hydrogen (secondary N) is 1. The van der Waals surface area contributed by atoms with E-state index >= 15 is 0 Å². The molecule has 0 aliphatic heterocycles. The third-order valence-corrected chi connectivity index (χ3v) is 2.70. The molecule has 0 fully saturated rings. The molecule has 2 aromatic heterocycles. The summed E-state index contributed by atoms with van der Waals surface area (Å²) in [6.45, 7) is 0.733. The molecule has 0 aromatic carbocycles. The van der Waals surface area contributed by atoms with Gasteiger partial charge in [0.1, 0.15) is 5.15 Å². The highest BCUT2D eigenvalue weighted by Crippen LogP contribution is 2.18. The summed E-state index contributed by atoms with van der Waals surface area (Å²) in [5, 5.41) is 7.69. The van der Waals surface area contributed by atoms with Crippen LogP contribution in [0.4, 0.5) is 11.5 Å². The summed E-state index contributed by atoms with van der Waals surface area (Å²) in [6.07, 6.45) is 2.63. The Kier molecular flexibility index (Phi) is 3.49. The number of anilines is 2. The van der Waals surface area contributed by atoms with Crippen molar-refractivity contribution in [2.75, 3.05) is 17.6 Å². The molecule has 6 heteroatoms. The molecule has 0 saturated carbocycles. The zero-order chi connectivity index (χ0) is 12.3. The Morgan fingerprint density at radius 1 is 1.41 bits per heavy atom. The van der Waals surface area contributed by atoms with Gasteiger partial charge < -0.3 is 11.1 Å². The number of aryl methyl sites for hydroxylation is 1. The zero-order valence-electron chi connectivity index (χ0n) is 9.52. The van der Waals surface area contributed by atoms with Crippen molar-refractivity contribution >= 4 is 23.1 Å². The number of aromatic nitrogens is 3. The van der Waals surface area contributed by atoms with Crippen molar-refractivity contribution in [3.05, 3.63) is 35.2 Å². The average molecular weight is 252 g/mol. The van der Waals surface area contributed by atoms with E-state index in [1.807, 2.05) is 17.8 Å². The van der Waals surface area contributed by atoms with E-state index in [-0.39, 0.29) is 0 Å². The third-order valence-electron chi connectivity index (χ3n) is 2.49. The molecule has 2 aromatic rings. The number of hydrogen-bond acceptors (Lipinski definition) is 4. The first-order valence-electron chi connectivity index (χ1n) is 5.29. The Labute approximate surface area is 105 Å². The van der Waals surface area contributed by atoms with Crippen LogP contribution in [0.3, 0.4) is 0 Å². The van der Waals surface area contributed by atoms with Crippen molar-refractivity contribution in [2.24, 2.45) is 7.05 Å². The summed E-state index contributed by atoms with van der Waals surface area (Å²) in [6, 6.07) is 5.39. The number of nitrogens with zero attached hydrogens (tertiary/aromatic N) is 3. The normalized spacial score (nSPS) is 10.5. The minimum atomic E-state index is 0.433. The van der Waals surface area contributed by atoms with E-state index in [0.29, 0.717) is 16.7 Å². The van der Waals surface area contributed by atoms with Crippen molar-refractivity contribution in [3.8, 4) is 0 Å². The van der Waals surface area contributed by atoms with Gasteiger partial charge >= 0.3 is 0 Å². The fourth-order valence-electron chi connectivity index (χ4n) is 1.54. The van der Waals surface area contributed by atoms with Crippen LogP contribution in [-0.4, -0.2) is 21.3 Å². The molecule has 5 nitrogen and oxygen atoms in total. The van der Waals surface area contributed by atoms with Crippen LogP contribution in [0.5, 0.6) is 0 Å². The number of pyridine rings is 1. The van der Waals surface area contributed by atoms with Crippen molar-refractivity contribution in [1.29, 1.82) is 0 Å². The molecule has 0 bridgehead atoms. The van der Waals surface area contributed by atoms with Gasteiger partial charge in [0.25, 0.3) is 0 Å². The van der Waals surface area contributed by atoms with Crippen LogP contribution in [0, 0.1) is 0 Å². The van der Waals surface area contributed by atoms with E-state index in [9.17, 15) is 0 Å². The highest BCUT2D eigenvalue weighted by molar-refractivity contribution is 6.29. The number of hydrogen-bond donors (Lipinski definition) is 2. The molecule has 0 radical (unpaired) electrons. The lowest BCUT2D eigenvalue weighted by molar-refractivity contribution is 0.711. The van der Waals surface area contributed by atoms with Crippen LogP contribution in [0.15, 0.2) is 24.4 Å². The molecule has 0 unspecified atom stereocenters. The lowest BCUT2D eigenvalue weighted by Gasteiger charge is -2.08. The molecule has 2 rings (SSSR count). The summed E-state index contributed by atoms with van der Waals surface area (Å²) in [5.41, 5.74) is 7.53. The molecule has 0 aliphatic rings. The van der Waals surface area contributed by atoms with Gasteiger partial charge in [-0.05, 0) is 18.2 Å². The molecule has 0 atom stereocenters. The number of nitrogens with two attached hydrogens (primary N) is 1. The molecular formula is C11H14ClN5. The quantitative estimate of drug-likeness (QED) is 0.812. The summed E-state index contributed by atoms with van der Waals surface area (Å²) in [4.78, 5) is 4.12. The number of nitrogen functional groups attached to an aromatic ring is 1. The van der Waals surface area contributed by atoms with Crippen LogP contribution in [0.2, 0.25) is 5.15 Å². The lowest BCUT2D eigenvalue weighted by Crippen LogP contribution is -2.10. The number of rotatable bonds is 4. The Balaban J connectivity index is 1.94. The largest absolute Gasteiger partial charge is 0.396 e. The fourth-order valence-corrected chi connectivity index (χ4v) is 1.69. The van der Waals surface area contributed by atoms with Gasteiger partial charge in [0.05, 0.1) is 5.69 Å². The molecular weight excluding hydrogens is 238 g/mol. The van der Waals surface area contributed by atoms with E-state index in [1.54, 1.807) is 18.3 Å². The lowest BCUT2D eigenvalue weighted by atomic mass is 10.3. The molecule has 90 valence electrons. The van der Waals surface area contributed by atoms with Gasteiger partial charge in [-0.25, -0.2) is 4.98 Å². The highest BCUT2D eigenvalue weighted by Gasteiger charge is 2.02. The van der Waals surface area contributed by atoms with Gasteiger partial charge in [0, 0.05) is 31.9 Å². The maximum Gasteiger partial charge on any atom is 0.150 e. The second kappa shape index (κ2) is 5.05. The van der Waals surface area contributed by atoms with Gasteiger partial charge in [0.15, 0.2) is 5.82 Å². The van der Waals surface area contributed by atoms with Gasteiger partial charge in [0.2, 0.25) is 0 Å². The smallest absolute Gasteiger partial charge is 0.150 e. The summed E-state index contributed by atoms with van der Waals surface area (Å²) >= 11 is 5.80. The molecule has 2 heterocycles. The van der Waals surface area contributed by atoms with Crippen molar-refractivity contribution < 1.29 is 0 Å². The summed E-state index contributed by atoms with van der Waals surface area (Å²) in [7, 11) is 1.92. The van der Waals surface area contributed by atoms with E-state index in [1.165, 1.54) is 0 Å². The second-order valence-corrected chi connectivity index (χ2v) is 4.08. The average Bonchev–Trinajstić information content (AvgIpc) is 2.70. The van der Waals surface area contributed by atoms with Crippen molar-refractivity contribution in [2.45, 2.75) is 6.42 Å². The first kappa shape index (κ1) is 11.7. The van der Waals surface area contributed by atoms with Crippen LogP contribution in [0.25, 0.3) is 0 Å². The fraction of sp³-hybridized carbons (Fsp3) is 0.273. The Morgan fingerprint density at radius 3 is 2.94 bits per heavy atom. The predicted molar refractivity (Wildman–Crippen MR) is 69.1 cm³/mol. The molecule has 0 amide bonds. The highest BCUT2D eigenvalue weighted by atomic mass is 35.5. The molecule has 0 saturated heterocycles. The maximum atomic E-state index is 5.80. The summed E-state index contributed by atoms with van der Waals surface area (Å²) in [5.74, 6) is 0.625. The van der Waals surface area contributed by atoms with Gasteiger partial charge in [-0.3, -0.25) is 4.68 Å². The van der Waals surface area contributed by atoms with E-state index in [2.05, 4.69) is 15.4 Å². The molecule has 0 aliphatic carbocycles. The molecule has 17 heavy (non-hydrogen) atoms. The van der Waals surface area contributed by atoms with Crippen LogP contribution in [-0.2, 0) is 13.5 Å². The Hall–Kier alpha value is -1.75. The molecule has 0 spiro atoms. The molecule has 3 N–H and O–H groups in total. The van der Waals surface area contributed by atoms with E-state index in [4.69, 9.17) is 17.3 Å². The maximum absolute atomic E-state index is 5.80. The minimum absolute atomic E-state index is 0.433. The third kappa shape index (κ3) is 2.88. The monoisotopic (exact) mass is 251 g/mol. The number of halogens is 1. The second-order valence-electron chi connectivity index (χ2n) is 3.69. The Morgan fingerprint density at radius 2 is 2.24 bits per heavy atom. The first-order chi connectivity index (χ1) is 8.16. The van der Waals surface area contributed by atoms with Crippen molar-refractivity contribution in [1.82, 2.24) is 14.8 Å². The van der Waals surface area contributed by atoms with Gasteiger partial charge in [-0.15, -0.1) is 0 Å². The Bertz CT molecular complexity index is 508. The van der Waals surface area contributed by atoms with E-state index < -0.39 is 0 Å². The predicted octanol–water partition coefficient (Wildman–Crippen LogP) is 1.71. The zero-order valence-corrected chi connectivity index (χ0v) is 10.3. The van der Waals surface area contributed by atoms with E-state index in [0.717, 1.165) is 18.7 Å². The van der Waals surface area contributed by atoms with Gasteiger partial charge in [-0.2, -0.15) is 5.10 Å². The summed E-state index contributed by atoms with van der Waals surface area (Å²) < 4.78 is 1.84. The first-order valence-corrected chi connectivity index (χ1v) is 5.67. The minimum Gasteiger partial charge on any atom is -0.396 e. The topological polar surface area (TPSA) is 68.8 Å². The van der Waals surface area contributed by atoms with Crippen LogP contribution >= 0.6 is 11.6 Å². The standard InChI is InChI=1S/C11H14ClN5/c1-17-8(5-7-15-17)4-6-14-11-9(13)2-3-10(12)16-11/h2-3,5,7H,4,6,13H2,1H3,(H,14,16). The SMILES string of the molecule is Cn1nccc1CCNc1nc(Cl)ccc1N. The van der Waals surface area contributed by atoms with Crippen LogP contribution < -0.4 is 11.1 Å². The van der Waals surface area contributed by atoms with Crippen LogP contribution in [0.1, 0.15) is 5.69 Å².